The molecule has 0 spiro atoms. The van der Waals surface area contributed by atoms with Crippen LogP contribution in [0.15, 0.2) is 27.4 Å². The minimum atomic E-state index is -0.367. The molecule has 0 aliphatic carbocycles. The average Bonchev–Trinajstić information content (AvgIpc) is 2.98. The summed E-state index contributed by atoms with van der Waals surface area (Å²) in [6.45, 7) is 2.28. The second kappa shape index (κ2) is 11.9. The summed E-state index contributed by atoms with van der Waals surface area (Å²) in [7, 11) is 0. The summed E-state index contributed by atoms with van der Waals surface area (Å²) in [6.07, 6.45) is 19.0. The molecular formula is C22H35NO2. The molecule has 2 aromatic rings. The standard InChI is InChI=1S/C22H35NO2/c1-2-3-4-5-6-7-8-9-10-11-12-13-14-15-19-16-17-20-21(18-19)25-22(24)23-20/h16-18H,2-15H2,1H3,(H,23,24). The van der Waals surface area contributed by atoms with Gasteiger partial charge in [-0.3, -0.25) is 4.98 Å². The third-order valence-electron chi connectivity index (χ3n) is 5.05. The van der Waals surface area contributed by atoms with Crippen molar-refractivity contribution in [2.45, 2.75) is 96.8 Å². The van der Waals surface area contributed by atoms with Crippen molar-refractivity contribution in [2.75, 3.05) is 0 Å². The number of hydrogen-bond acceptors (Lipinski definition) is 2. The van der Waals surface area contributed by atoms with E-state index in [0.717, 1.165) is 11.9 Å². The number of fused-ring (bicyclic) bond motifs is 1. The van der Waals surface area contributed by atoms with Gasteiger partial charge < -0.3 is 4.42 Å². The van der Waals surface area contributed by atoms with Crippen LogP contribution >= 0.6 is 0 Å². The van der Waals surface area contributed by atoms with Crippen LogP contribution in [-0.2, 0) is 6.42 Å². The van der Waals surface area contributed by atoms with E-state index in [1.807, 2.05) is 12.1 Å². The summed E-state index contributed by atoms with van der Waals surface area (Å²) in [5, 5.41) is 0. The highest BCUT2D eigenvalue weighted by Crippen LogP contribution is 2.16. The molecule has 0 fully saturated rings. The fraction of sp³-hybridized carbons (Fsp3) is 0.682. The monoisotopic (exact) mass is 345 g/mol. The second-order valence-corrected chi connectivity index (χ2v) is 7.34. The zero-order valence-corrected chi connectivity index (χ0v) is 15.9. The van der Waals surface area contributed by atoms with Crippen molar-refractivity contribution in [3.05, 3.63) is 34.3 Å². The molecule has 0 atom stereocenters. The van der Waals surface area contributed by atoms with Gasteiger partial charge in [0.25, 0.3) is 0 Å². The van der Waals surface area contributed by atoms with Crippen LogP contribution in [-0.4, -0.2) is 4.98 Å². The summed E-state index contributed by atoms with van der Waals surface area (Å²) in [4.78, 5) is 13.8. The molecule has 0 saturated heterocycles. The number of H-pyrrole nitrogens is 1. The predicted molar refractivity (Wildman–Crippen MR) is 106 cm³/mol. The summed E-state index contributed by atoms with van der Waals surface area (Å²) < 4.78 is 5.12. The first-order valence-electron chi connectivity index (χ1n) is 10.4. The predicted octanol–water partition coefficient (Wildman–Crippen LogP) is 6.75. The number of aromatic nitrogens is 1. The van der Waals surface area contributed by atoms with E-state index in [1.54, 1.807) is 0 Å². The van der Waals surface area contributed by atoms with E-state index in [1.165, 1.54) is 89.0 Å². The first kappa shape index (κ1) is 19.8. The molecule has 1 heterocycles. The van der Waals surface area contributed by atoms with Crippen molar-refractivity contribution in [3.63, 3.8) is 0 Å². The molecule has 3 nitrogen and oxygen atoms in total. The Labute approximate surface area is 152 Å². The lowest BCUT2D eigenvalue weighted by Crippen LogP contribution is -1.92. The first-order chi connectivity index (χ1) is 12.3. The highest BCUT2D eigenvalue weighted by Gasteiger charge is 2.02. The molecule has 0 bridgehead atoms. The van der Waals surface area contributed by atoms with Gasteiger partial charge in [0.1, 0.15) is 0 Å². The number of hydrogen-bond donors (Lipinski definition) is 1. The number of aryl methyl sites for hydroxylation is 1. The van der Waals surface area contributed by atoms with E-state index in [-0.39, 0.29) is 5.76 Å². The first-order valence-corrected chi connectivity index (χ1v) is 10.4. The van der Waals surface area contributed by atoms with Crippen molar-refractivity contribution in [1.82, 2.24) is 4.98 Å². The van der Waals surface area contributed by atoms with E-state index in [2.05, 4.69) is 18.0 Å². The number of oxazole rings is 1. The smallest absolute Gasteiger partial charge is 0.408 e. The molecule has 3 heteroatoms. The molecule has 0 saturated carbocycles. The van der Waals surface area contributed by atoms with Gasteiger partial charge in [0.15, 0.2) is 5.58 Å². The fourth-order valence-corrected chi connectivity index (χ4v) is 3.49. The molecule has 1 aromatic carbocycles. The maximum atomic E-state index is 11.2. The second-order valence-electron chi connectivity index (χ2n) is 7.34. The Hall–Kier alpha value is -1.51. The van der Waals surface area contributed by atoms with Gasteiger partial charge in [0, 0.05) is 0 Å². The molecule has 0 amide bonds. The molecule has 0 unspecified atom stereocenters. The Balaban J connectivity index is 1.43. The van der Waals surface area contributed by atoms with E-state index in [9.17, 15) is 4.79 Å². The lowest BCUT2D eigenvalue weighted by molar-refractivity contribution is 0.539. The van der Waals surface area contributed by atoms with Gasteiger partial charge in [0.05, 0.1) is 5.52 Å². The van der Waals surface area contributed by atoms with Gasteiger partial charge >= 0.3 is 5.76 Å². The zero-order chi connectivity index (χ0) is 17.7. The fourth-order valence-electron chi connectivity index (χ4n) is 3.49. The quantitative estimate of drug-likeness (QED) is 0.385. The molecule has 0 aliphatic heterocycles. The van der Waals surface area contributed by atoms with Crippen LogP contribution in [0.3, 0.4) is 0 Å². The van der Waals surface area contributed by atoms with Crippen LogP contribution in [0, 0.1) is 0 Å². The van der Waals surface area contributed by atoms with E-state index in [0.29, 0.717) is 5.58 Å². The lowest BCUT2D eigenvalue weighted by atomic mass is 10.0. The van der Waals surface area contributed by atoms with E-state index >= 15 is 0 Å². The largest absolute Gasteiger partial charge is 0.417 e. The van der Waals surface area contributed by atoms with Crippen LogP contribution in [0.5, 0.6) is 0 Å². The molecular weight excluding hydrogens is 310 g/mol. The summed E-state index contributed by atoms with van der Waals surface area (Å²) in [5.74, 6) is -0.367. The lowest BCUT2D eigenvalue weighted by Gasteiger charge is -2.03. The van der Waals surface area contributed by atoms with Crippen molar-refractivity contribution in [2.24, 2.45) is 0 Å². The molecule has 25 heavy (non-hydrogen) atoms. The molecule has 1 N–H and O–H groups in total. The van der Waals surface area contributed by atoms with Gasteiger partial charge in [0.2, 0.25) is 0 Å². The number of nitrogens with one attached hydrogen (secondary N) is 1. The topological polar surface area (TPSA) is 46.0 Å². The van der Waals surface area contributed by atoms with Crippen molar-refractivity contribution >= 4 is 11.1 Å². The minimum absolute atomic E-state index is 0.367. The Morgan fingerprint density at radius 2 is 1.36 bits per heavy atom. The van der Waals surface area contributed by atoms with Gasteiger partial charge in [-0.25, -0.2) is 4.79 Å². The van der Waals surface area contributed by atoms with Gasteiger partial charge in [-0.05, 0) is 30.5 Å². The molecule has 0 aliphatic rings. The van der Waals surface area contributed by atoms with Crippen LogP contribution in [0.25, 0.3) is 11.1 Å². The van der Waals surface area contributed by atoms with Crippen LogP contribution in [0.2, 0.25) is 0 Å². The normalized spacial score (nSPS) is 11.4. The Morgan fingerprint density at radius 3 is 1.96 bits per heavy atom. The number of unbranched alkanes of at least 4 members (excludes halogenated alkanes) is 12. The van der Waals surface area contributed by atoms with Gasteiger partial charge in [-0.1, -0.05) is 90.0 Å². The number of benzene rings is 1. The summed E-state index contributed by atoms with van der Waals surface area (Å²) >= 11 is 0. The zero-order valence-electron chi connectivity index (χ0n) is 15.9. The maximum Gasteiger partial charge on any atom is 0.417 e. The van der Waals surface area contributed by atoms with Crippen LogP contribution in [0.1, 0.15) is 96.0 Å². The highest BCUT2D eigenvalue weighted by molar-refractivity contribution is 5.72. The van der Waals surface area contributed by atoms with E-state index in [4.69, 9.17) is 4.42 Å². The Bertz CT molecular complexity index is 641. The summed E-state index contributed by atoms with van der Waals surface area (Å²) in [6, 6.07) is 6.03. The average molecular weight is 346 g/mol. The molecule has 0 radical (unpaired) electrons. The van der Waals surface area contributed by atoms with Crippen molar-refractivity contribution < 1.29 is 4.42 Å². The maximum absolute atomic E-state index is 11.2. The Morgan fingerprint density at radius 1 is 0.800 bits per heavy atom. The minimum Gasteiger partial charge on any atom is -0.408 e. The van der Waals surface area contributed by atoms with Crippen molar-refractivity contribution in [3.8, 4) is 0 Å². The van der Waals surface area contributed by atoms with Crippen LogP contribution in [0.4, 0.5) is 0 Å². The van der Waals surface area contributed by atoms with E-state index < -0.39 is 0 Å². The third-order valence-corrected chi connectivity index (χ3v) is 5.05. The van der Waals surface area contributed by atoms with Gasteiger partial charge in [-0.2, -0.15) is 0 Å². The summed E-state index contributed by atoms with van der Waals surface area (Å²) in [5.41, 5.74) is 2.73. The molecule has 2 rings (SSSR count). The van der Waals surface area contributed by atoms with Gasteiger partial charge in [-0.15, -0.1) is 0 Å². The SMILES string of the molecule is CCCCCCCCCCCCCCCc1ccc2[nH]c(=O)oc2c1. The number of rotatable bonds is 14. The molecule has 140 valence electrons. The van der Waals surface area contributed by atoms with Crippen molar-refractivity contribution in [1.29, 1.82) is 0 Å². The Kier molecular flexibility index (Phi) is 9.46. The third kappa shape index (κ3) is 7.94. The number of aromatic amines is 1. The molecule has 1 aromatic heterocycles. The van der Waals surface area contributed by atoms with Crippen LogP contribution < -0.4 is 5.76 Å². The highest BCUT2D eigenvalue weighted by atomic mass is 16.4.